The zero-order chi connectivity index (χ0) is 21.4. The van der Waals surface area contributed by atoms with Crippen LogP contribution >= 0.6 is 11.3 Å². The number of para-hydroxylation sites is 1. The van der Waals surface area contributed by atoms with Crippen LogP contribution in [0.3, 0.4) is 0 Å². The quantitative estimate of drug-likeness (QED) is 0.637. The van der Waals surface area contributed by atoms with Gasteiger partial charge >= 0.3 is 11.9 Å². The van der Waals surface area contributed by atoms with E-state index in [0.717, 1.165) is 0 Å². The first kappa shape index (κ1) is 22.1. The van der Waals surface area contributed by atoms with Gasteiger partial charge < -0.3 is 20.1 Å². The van der Waals surface area contributed by atoms with Gasteiger partial charge in [-0.3, -0.25) is 9.59 Å². The third kappa shape index (κ3) is 6.15. The number of methoxy groups -OCH3 is 1. The van der Waals surface area contributed by atoms with Crippen LogP contribution in [0, 0.1) is 5.92 Å². The molecule has 1 atom stereocenters. The first-order valence-electron chi connectivity index (χ1n) is 8.81. The van der Waals surface area contributed by atoms with E-state index in [4.69, 9.17) is 4.74 Å². The molecule has 2 amide bonds. The fraction of sp³-hybridized carbons (Fsp3) is 0.300. The van der Waals surface area contributed by atoms with E-state index in [-0.39, 0.29) is 23.1 Å². The van der Waals surface area contributed by atoms with E-state index in [9.17, 15) is 19.2 Å². The summed E-state index contributed by atoms with van der Waals surface area (Å²) in [7, 11) is 1.24. The first-order valence-corrected chi connectivity index (χ1v) is 9.69. The number of anilines is 1. The van der Waals surface area contributed by atoms with Gasteiger partial charge in [-0.1, -0.05) is 32.0 Å². The van der Waals surface area contributed by atoms with Crippen LogP contribution < -0.4 is 10.6 Å². The lowest BCUT2D eigenvalue weighted by Crippen LogP contribution is -2.45. The maximum absolute atomic E-state index is 12.4. The molecule has 29 heavy (non-hydrogen) atoms. The molecule has 0 aliphatic rings. The van der Waals surface area contributed by atoms with Crippen molar-refractivity contribution in [2.24, 2.45) is 5.92 Å². The Hall–Kier alpha value is -3.20. The highest BCUT2D eigenvalue weighted by Crippen LogP contribution is 2.16. The highest BCUT2D eigenvalue weighted by atomic mass is 32.1. The molecule has 0 aliphatic carbocycles. The first-order chi connectivity index (χ1) is 13.8. The maximum atomic E-state index is 12.4. The summed E-state index contributed by atoms with van der Waals surface area (Å²) in [6, 6.07) is 8.79. The molecule has 0 bridgehead atoms. The van der Waals surface area contributed by atoms with Crippen LogP contribution in [0.4, 0.5) is 5.69 Å². The van der Waals surface area contributed by atoms with Crippen molar-refractivity contribution in [3.8, 4) is 0 Å². The molecule has 0 radical (unpaired) electrons. The van der Waals surface area contributed by atoms with E-state index < -0.39 is 30.5 Å². The molecule has 154 valence electrons. The summed E-state index contributed by atoms with van der Waals surface area (Å²) >= 11 is 1.26. The SMILES string of the molecule is COC(=O)c1ccccc1NC(=O)COC(=O)[C@@H](NC(=O)c1cccs1)C(C)C. The topological polar surface area (TPSA) is 111 Å². The number of carbonyl (C=O) groups is 4. The molecule has 1 aromatic heterocycles. The van der Waals surface area contributed by atoms with Gasteiger partial charge in [-0.05, 0) is 29.5 Å². The molecule has 2 rings (SSSR count). The smallest absolute Gasteiger partial charge is 0.339 e. The van der Waals surface area contributed by atoms with Gasteiger partial charge in [-0.2, -0.15) is 0 Å². The fourth-order valence-corrected chi connectivity index (χ4v) is 3.04. The fourth-order valence-electron chi connectivity index (χ4n) is 2.41. The number of carbonyl (C=O) groups excluding carboxylic acids is 4. The summed E-state index contributed by atoms with van der Waals surface area (Å²) in [5.41, 5.74) is 0.421. The van der Waals surface area contributed by atoms with Crippen molar-refractivity contribution in [1.29, 1.82) is 0 Å². The lowest BCUT2D eigenvalue weighted by molar-refractivity contribution is -0.150. The highest BCUT2D eigenvalue weighted by molar-refractivity contribution is 7.12. The molecule has 0 unspecified atom stereocenters. The molecule has 0 fully saturated rings. The van der Waals surface area contributed by atoms with Gasteiger partial charge in [0.15, 0.2) is 6.61 Å². The molecule has 1 aromatic carbocycles. The molecular formula is C20H22N2O6S. The third-order valence-electron chi connectivity index (χ3n) is 3.90. The van der Waals surface area contributed by atoms with Crippen molar-refractivity contribution in [3.05, 3.63) is 52.2 Å². The summed E-state index contributed by atoms with van der Waals surface area (Å²) in [6.45, 7) is 2.95. The normalized spacial score (nSPS) is 11.4. The second-order valence-electron chi connectivity index (χ2n) is 6.37. The van der Waals surface area contributed by atoms with E-state index in [0.29, 0.717) is 4.88 Å². The second kappa shape index (κ2) is 10.4. The number of ether oxygens (including phenoxy) is 2. The van der Waals surface area contributed by atoms with Crippen molar-refractivity contribution >= 4 is 40.8 Å². The number of amides is 2. The zero-order valence-corrected chi connectivity index (χ0v) is 17.1. The van der Waals surface area contributed by atoms with Gasteiger partial charge in [0.05, 0.1) is 23.2 Å². The number of benzene rings is 1. The zero-order valence-electron chi connectivity index (χ0n) is 16.3. The van der Waals surface area contributed by atoms with Gasteiger partial charge in [0, 0.05) is 0 Å². The van der Waals surface area contributed by atoms with E-state index >= 15 is 0 Å². The second-order valence-corrected chi connectivity index (χ2v) is 7.31. The van der Waals surface area contributed by atoms with Gasteiger partial charge in [0.2, 0.25) is 0 Å². The highest BCUT2D eigenvalue weighted by Gasteiger charge is 2.27. The molecule has 0 saturated heterocycles. The molecule has 1 heterocycles. The predicted molar refractivity (Wildman–Crippen MR) is 108 cm³/mol. The van der Waals surface area contributed by atoms with Crippen molar-refractivity contribution in [2.75, 3.05) is 19.0 Å². The predicted octanol–water partition coefficient (Wildman–Crippen LogP) is 2.47. The minimum Gasteiger partial charge on any atom is -0.465 e. The van der Waals surface area contributed by atoms with Crippen molar-refractivity contribution < 1.29 is 28.7 Å². The molecule has 0 aliphatic heterocycles. The number of esters is 2. The lowest BCUT2D eigenvalue weighted by atomic mass is 10.0. The molecule has 2 N–H and O–H groups in total. The maximum Gasteiger partial charge on any atom is 0.339 e. The van der Waals surface area contributed by atoms with Gasteiger partial charge in [0.1, 0.15) is 6.04 Å². The number of hydrogen-bond donors (Lipinski definition) is 2. The van der Waals surface area contributed by atoms with Gasteiger partial charge in [-0.15, -0.1) is 11.3 Å². The van der Waals surface area contributed by atoms with E-state index in [1.165, 1.54) is 30.6 Å². The number of nitrogens with one attached hydrogen (secondary N) is 2. The van der Waals surface area contributed by atoms with E-state index in [1.807, 2.05) is 0 Å². The Balaban J connectivity index is 1.95. The lowest BCUT2D eigenvalue weighted by Gasteiger charge is -2.20. The monoisotopic (exact) mass is 418 g/mol. The van der Waals surface area contributed by atoms with Crippen molar-refractivity contribution in [1.82, 2.24) is 5.32 Å². The Bertz CT molecular complexity index is 879. The Kier molecular flexibility index (Phi) is 7.90. The average molecular weight is 418 g/mol. The Labute approximate surface area is 172 Å². The van der Waals surface area contributed by atoms with Crippen LogP contribution in [0.1, 0.15) is 33.9 Å². The molecule has 9 heteroatoms. The van der Waals surface area contributed by atoms with Crippen LogP contribution in [0.5, 0.6) is 0 Å². The average Bonchev–Trinajstić information content (AvgIpc) is 3.24. The van der Waals surface area contributed by atoms with Crippen LogP contribution in [0.2, 0.25) is 0 Å². The van der Waals surface area contributed by atoms with Gasteiger partial charge in [0.25, 0.3) is 11.8 Å². The van der Waals surface area contributed by atoms with Gasteiger partial charge in [-0.25, -0.2) is 9.59 Å². The number of thiophene rings is 1. The minimum absolute atomic E-state index is 0.179. The van der Waals surface area contributed by atoms with Crippen LogP contribution in [0.25, 0.3) is 0 Å². The summed E-state index contributed by atoms with van der Waals surface area (Å²) in [5, 5.41) is 6.90. The molecule has 0 spiro atoms. The standard InChI is InChI=1S/C20H22N2O6S/c1-12(2)17(22-18(24)15-9-6-10-29-15)20(26)28-11-16(23)21-14-8-5-4-7-13(14)19(25)27-3/h4-10,12,17H,11H2,1-3H3,(H,21,23)(H,22,24)/t17-/m0/s1. The molecule has 0 saturated carbocycles. The summed E-state index contributed by atoms with van der Waals surface area (Å²) in [4.78, 5) is 49.0. The Morgan fingerprint density at radius 2 is 1.79 bits per heavy atom. The van der Waals surface area contributed by atoms with Crippen LogP contribution in [-0.4, -0.2) is 43.5 Å². The summed E-state index contributed by atoms with van der Waals surface area (Å²) < 4.78 is 9.73. The van der Waals surface area contributed by atoms with Crippen molar-refractivity contribution in [2.45, 2.75) is 19.9 Å². The summed E-state index contributed by atoms with van der Waals surface area (Å²) in [5.74, 6) is -2.57. The van der Waals surface area contributed by atoms with E-state index in [2.05, 4.69) is 15.4 Å². The third-order valence-corrected chi connectivity index (χ3v) is 4.77. The minimum atomic E-state index is -0.903. The number of rotatable bonds is 8. The van der Waals surface area contributed by atoms with Crippen LogP contribution in [-0.2, 0) is 19.1 Å². The van der Waals surface area contributed by atoms with Crippen LogP contribution in [0.15, 0.2) is 41.8 Å². The number of hydrogen-bond acceptors (Lipinski definition) is 7. The Morgan fingerprint density at radius 3 is 2.41 bits per heavy atom. The summed E-state index contributed by atoms with van der Waals surface area (Å²) in [6.07, 6.45) is 0. The largest absolute Gasteiger partial charge is 0.465 e. The van der Waals surface area contributed by atoms with E-state index in [1.54, 1.807) is 43.5 Å². The molecule has 8 nitrogen and oxygen atoms in total. The molecular weight excluding hydrogens is 396 g/mol. The van der Waals surface area contributed by atoms with Crippen molar-refractivity contribution in [3.63, 3.8) is 0 Å². The Morgan fingerprint density at radius 1 is 1.07 bits per heavy atom. The molecule has 2 aromatic rings.